The van der Waals surface area contributed by atoms with Crippen LogP contribution in [0.2, 0.25) is 0 Å². The molecule has 0 aliphatic carbocycles. The van der Waals surface area contributed by atoms with E-state index >= 15 is 0 Å². The molecule has 1 N–H and O–H groups in total. The second-order valence-electron chi connectivity index (χ2n) is 6.76. The van der Waals surface area contributed by atoms with Crippen LogP contribution in [0.15, 0.2) is 22.6 Å². The summed E-state index contributed by atoms with van der Waals surface area (Å²) < 4.78 is 6.22. The fraction of sp³-hybridized carbons (Fsp3) is 0.556. The first kappa shape index (κ1) is 15.1. The Morgan fingerprint density at radius 2 is 1.90 bits per heavy atom. The van der Waals surface area contributed by atoms with Crippen molar-refractivity contribution in [3.05, 3.63) is 35.1 Å². The van der Waals surface area contributed by atoms with E-state index in [2.05, 4.69) is 58.1 Å². The molecule has 0 fully saturated rings. The van der Waals surface area contributed by atoms with Crippen molar-refractivity contribution in [2.75, 3.05) is 7.05 Å². The third-order valence-corrected chi connectivity index (χ3v) is 3.86. The summed E-state index contributed by atoms with van der Waals surface area (Å²) in [6.07, 6.45) is 2.24. The maximum absolute atomic E-state index is 6.22. The Hall–Kier alpha value is -1.28. The molecule has 2 aromatic rings. The summed E-state index contributed by atoms with van der Waals surface area (Å²) in [7, 11) is 2.00. The molecule has 0 spiro atoms. The predicted octanol–water partition coefficient (Wildman–Crippen LogP) is 5.10. The van der Waals surface area contributed by atoms with Crippen molar-refractivity contribution in [3.63, 3.8) is 0 Å². The van der Waals surface area contributed by atoms with Gasteiger partial charge in [-0.05, 0) is 43.5 Å². The molecule has 1 aromatic carbocycles. The third kappa shape index (κ3) is 2.90. The Morgan fingerprint density at radius 1 is 1.20 bits per heavy atom. The number of hydrogen-bond donors (Lipinski definition) is 1. The maximum atomic E-state index is 6.22. The van der Waals surface area contributed by atoms with E-state index < -0.39 is 0 Å². The molecule has 2 nitrogen and oxygen atoms in total. The number of aryl methyl sites for hydroxylation is 1. The fourth-order valence-electron chi connectivity index (χ4n) is 2.77. The van der Waals surface area contributed by atoms with Crippen LogP contribution in [-0.4, -0.2) is 7.05 Å². The summed E-state index contributed by atoms with van der Waals surface area (Å²) in [6.45, 7) is 11.1. The smallest absolute Gasteiger partial charge is 0.138 e. The average Bonchev–Trinajstić information content (AvgIpc) is 2.76. The largest absolute Gasteiger partial charge is 0.459 e. The normalized spacial score (nSPS) is 13.9. The molecule has 0 bridgehead atoms. The highest BCUT2D eigenvalue weighted by Crippen LogP contribution is 2.35. The van der Waals surface area contributed by atoms with E-state index in [1.54, 1.807) is 0 Å². The van der Waals surface area contributed by atoms with Gasteiger partial charge in [0.1, 0.15) is 11.3 Å². The Bertz CT molecular complexity index is 589. The van der Waals surface area contributed by atoms with Gasteiger partial charge in [-0.2, -0.15) is 0 Å². The van der Waals surface area contributed by atoms with E-state index in [4.69, 9.17) is 4.42 Å². The molecular formula is C18H27NO. The highest BCUT2D eigenvalue weighted by atomic mass is 16.3. The molecule has 110 valence electrons. The summed E-state index contributed by atoms with van der Waals surface area (Å²) in [5.41, 5.74) is 3.74. The average molecular weight is 273 g/mol. The van der Waals surface area contributed by atoms with Crippen LogP contribution >= 0.6 is 0 Å². The molecule has 0 saturated heterocycles. The number of nitrogens with one attached hydrogen (secondary N) is 1. The summed E-state index contributed by atoms with van der Waals surface area (Å²) in [4.78, 5) is 0. The lowest BCUT2D eigenvalue weighted by molar-refractivity contribution is 0.426. The number of benzene rings is 1. The zero-order valence-electron chi connectivity index (χ0n) is 13.6. The van der Waals surface area contributed by atoms with Crippen LogP contribution in [0.1, 0.15) is 63.5 Å². The summed E-state index contributed by atoms with van der Waals surface area (Å²) >= 11 is 0. The first-order valence-electron chi connectivity index (χ1n) is 7.58. The van der Waals surface area contributed by atoms with Crippen LogP contribution in [0.5, 0.6) is 0 Å². The van der Waals surface area contributed by atoms with Gasteiger partial charge >= 0.3 is 0 Å². The molecule has 0 saturated carbocycles. The number of fused-ring (bicyclic) bond motifs is 1. The Balaban J connectivity index is 2.58. The van der Waals surface area contributed by atoms with Crippen molar-refractivity contribution >= 4 is 11.0 Å². The van der Waals surface area contributed by atoms with Gasteiger partial charge in [0.15, 0.2) is 0 Å². The van der Waals surface area contributed by atoms with Crippen molar-refractivity contribution in [2.45, 2.75) is 58.9 Å². The molecule has 0 amide bonds. The van der Waals surface area contributed by atoms with Gasteiger partial charge in [-0.15, -0.1) is 0 Å². The maximum Gasteiger partial charge on any atom is 0.138 e. The molecule has 1 heterocycles. The Morgan fingerprint density at radius 3 is 2.45 bits per heavy atom. The Kier molecular flexibility index (Phi) is 4.24. The van der Waals surface area contributed by atoms with E-state index in [0.29, 0.717) is 6.04 Å². The molecule has 0 radical (unpaired) electrons. The van der Waals surface area contributed by atoms with E-state index in [-0.39, 0.29) is 5.41 Å². The standard InChI is InChI=1S/C18H27NO/c1-7-8-15(19-6)16-11-13-9-12(2)10-14(17(13)20-16)18(3,4)5/h9-11,15,19H,7-8H2,1-6H3. The van der Waals surface area contributed by atoms with E-state index in [9.17, 15) is 0 Å². The quantitative estimate of drug-likeness (QED) is 0.838. The molecule has 1 unspecified atom stereocenters. The molecule has 20 heavy (non-hydrogen) atoms. The number of rotatable bonds is 4. The van der Waals surface area contributed by atoms with Gasteiger partial charge in [0.05, 0.1) is 6.04 Å². The highest BCUT2D eigenvalue weighted by Gasteiger charge is 2.22. The van der Waals surface area contributed by atoms with Crippen LogP contribution in [-0.2, 0) is 5.41 Å². The van der Waals surface area contributed by atoms with Gasteiger partial charge in [-0.1, -0.05) is 40.2 Å². The molecule has 2 heteroatoms. The minimum absolute atomic E-state index is 0.0965. The minimum atomic E-state index is 0.0965. The van der Waals surface area contributed by atoms with Crippen molar-refractivity contribution in [2.24, 2.45) is 0 Å². The van der Waals surface area contributed by atoms with Crippen LogP contribution in [0.3, 0.4) is 0 Å². The third-order valence-electron chi connectivity index (χ3n) is 3.86. The molecular weight excluding hydrogens is 246 g/mol. The van der Waals surface area contributed by atoms with Gasteiger partial charge in [0, 0.05) is 10.9 Å². The van der Waals surface area contributed by atoms with Gasteiger partial charge in [0.25, 0.3) is 0 Å². The van der Waals surface area contributed by atoms with Crippen LogP contribution in [0, 0.1) is 6.92 Å². The molecule has 2 rings (SSSR count). The second-order valence-corrected chi connectivity index (χ2v) is 6.76. The molecule has 0 aliphatic rings. The van der Waals surface area contributed by atoms with Gasteiger partial charge in [-0.25, -0.2) is 0 Å². The van der Waals surface area contributed by atoms with E-state index in [1.807, 2.05) is 7.05 Å². The van der Waals surface area contributed by atoms with Crippen LogP contribution in [0.4, 0.5) is 0 Å². The predicted molar refractivity (Wildman–Crippen MR) is 86.4 cm³/mol. The first-order valence-corrected chi connectivity index (χ1v) is 7.58. The molecule has 1 aromatic heterocycles. The van der Waals surface area contributed by atoms with E-state index in [0.717, 1.165) is 24.2 Å². The SMILES string of the molecule is CCCC(NC)c1cc2cc(C)cc(C(C)(C)C)c2o1. The fourth-order valence-corrected chi connectivity index (χ4v) is 2.77. The zero-order chi connectivity index (χ0) is 14.9. The zero-order valence-corrected chi connectivity index (χ0v) is 13.6. The molecule has 0 aliphatic heterocycles. The summed E-state index contributed by atoms with van der Waals surface area (Å²) in [5.74, 6) is 1.06. The number of furan rings is 1. The van der Waals surface area contributed by atoms with Crippen molar-refractivity contribution in [1.29, 1.82) is 0 Å². The summed E-state index contributed by atoms with van der Waals surface area (Å²) in [5, 5.41) is 4.58. The highest BCUT2D eigenvalue weighted by molar-refractivity contribution is 5.83. The number of hydrogen-bond acceptors (Lipinski definition) is 2. The van der Waals surface area contributed by atoms with Gasteiger partial charge in [-0.3, -0.25) is 0 Å². The second kappa shape index (κ2) is 5.61. The van der Waals surface area contributed by atoms with Gasteiger partial charge < -0.3 is 9.73 Å². The lowest BCUT2D eigenvalue weighted by atomic mass is 9.85. The van der Waals surface area contributed by atoms with Crippen molar-refractivity contribution in [3.8, 4) is 0 Å². The van der Waals surface area contributed by atoms with Crippen molar-refractivity contribution in [1.82, 2.24) is 5.32 Å². The lowest BCUT2D eigenvalue weighted by Crippen LogP contribution is -2.15. The molecule has 1 atom stereocenters. The van der Waals surface area contributed by atoms with Crippen molar-refractivity contribution < 1.29 is 4.42 Å². The Labute approximate surface area is 122 Å². The van der Waals surface area contributed by atoms with E-state index in [1.165, 1.54) is 16.5 Å². The lowest BCUT2D eigenvalue weighted by Gasteiger charge is -2.20. The van der Waals surface area contributed by atoms with Crippen LogP contribution < -0.4 is 5.32 Å². The monoisotopic (exact) mass is 273 g/mol. The summed E-state index contributed by atoms with van der Waals surface area (Å²) in [6, 6.07) is 6.98. The first-order chi connectivity index (χ1) is 9.36. The van der Waals surface area contributed by atoms with Gasteiger partial charge in [0.2, 0.25) is 0 Å². The minimum Gasteiger partial charge on any atom is -0.459 e. The van der Waals surface area contributed by atoms with Crippen LogP contribution in [0.25, 0.3) is 11.0 Å². The topological polar surface area (TPSA) is 25.2 Å².